The minimum atomic E-state index is -0.485. The number of amides is 3. The lowest BCUT2D eigenvalue weighted by Crippen LogP contribution is -2.41. The Balaban J connectivity index is 1.49. The summed E-state index contributed by atoms with van der Waals surface area (Å²) in [5, 5.41) is 2.49. The largest absolute Gasteiger partial charge is 0.436 e. The number of likely N-dealkylation sites (tertiary alicyclic amines) is 1. The lowest BCUT2D eigenvalue weighted by atomic mass is 9.98. The highest BCUT2D eigenvalue weighted by Crippen LogP contribution is 2.30. The average molecular weight is 456 g/mol. The fourth-order valence-electron chi connectivity index (χ4n) is 3.24. The first-order valence-corrected chi connectivity index (χ1v) is 11.0. The number of hydrogen-bond acceptors (Lipinski definition) is 7. The van der Waals surface area contributed by atoms with Crippen molar-refractivity contribution in [2.75, 3.05) is 38.7 Å². The van der Waals surface area contributed by atoms with E-state index in [0.29, 0.717) is 18.7 Å². The smallest absolute Gasteiger partial charge is 0.410 e. The summed E-state index contributed by atoms with van der Waals surface area (Å²) in [5.74, 6) is 1.53. The average Bonchev–Trinajstić information content (AvgIpc) is 3.31. The van der Waals surface area contributed by atoms with Crippen LogP contribution in [0, 0.1) is 12.3 Å². The number of nitrogens with one attached hydrogen (secondary N) is 2. The molecular formula is C22H25N5O4S. The first-order chi connectivity index (χ1) is 15.4. The molecule has 1 aliphatic heterocycles. The number of nitrogens with zero attached hydrogens (tertiary/aromatic N) is 3. The van der Waals surface area contributed by atoms with Gasteiger partial charge in [0.25, 0.3) is 11.8 Å². The standard InChI is InChI=1S/C22H25N5O4S/c1-4-13-31-22(30)27-11-9-16(10-12-27)21-23-18(14-32-21)20(29)25-24-19(28)15-5-7-17(8-6-15)26(2)3/h1,5-8,14,16H,9-13H2,2-3H3,(H,24,28)(H,25,29). The summed E-state index contributed by atoms with van der Waals surface area (Å²) in [7, 11) is 3.83. The Kier molecular flexibility index (Phi) is 7.68. The zero-order valence-corrected chi connectivity index (χ0v) is 18.8. The monoisotopic (exact) mass is 455 g/mol. The van der Waals surface area contributed by atoms with Crippen molar-refractivity contribution in [2.45, 2.75) is 18.8 Å². The van der Waals surface area contributed by atoms with Gasteiger partial charge in [0.05, 0.1) is 5.01 Å². The van der Waals surface area contributed by atoms with Gasteiger partial charge in [-0.25, -0.2) is 9.78 Å². The van der Waals surface area contributed by atoms with Gasteiger partial charge in [-0.15, -0.1) is 17.8 Å². The van der Waals surface area contributed by atoms with E-state index < -0.39 is 17.9 Å². The lowest BCUT2D eigenvalue weighted by molar-refractivity contribution is 0.0844. The first kappa shape index (κ1) is 23.1. The molecule has 10 heteroatoms. The minimum absolute atomic E-state index is 0.0400. The molecule has 9 nitrogen and oxygen atoms in total. The number of carbonyl (C=O) groups is 3. The molecular weight excluding hydrogens is 430 g/mol. The van der Waals surface area contributed by atoms with Crippen LogP contribution >= 0.6 is 11.3 Å². The van der Waals surface area contributed by atoms with Crippen LogP contribution in [0.5, 0.6) is 0 Å². The number of aromatic nitrogens is 1. The third-order valence-electron chi connectivity index (χ3n) is 5.07. The Morgan fingerprint density at radius 1 is 1.19 bits per heavy atom. The predicted octanol–water partition coefficient (Wildman–Crippen LogP) is 2.23. The molecule has 1 aromatic heterocycles. The maximum Gasteiger partial charge on any atom is 0.410 e. The van der Waals surface area contributed by atoms with Gasteiger partial charge in [-0.05, 0) is 37.1 Å². The number of piperidine rings is 1. The third-order valence-corrected chi connectivity index (χ3v) is 6.08. The van der Waals surface area contributed by atoms with Gasteiger partial charge in [-0.1, -0.05) is 5.92 Å². The summed E-state index contributed by atoms with van der Waals surface area (Å²) < 4.78 is 4.95. The van der Waals surface area contributed by atoms with Gasteiger partial charge in [0.1, 0.15) is 5.69 Å². The molecule has 1 aliphatic rings. The molecule has 0 spiro atoms. The van der Waals surface area contributed by atoms with Crippen LogP contribution < -0.4 is 15.8 Å². The molecule has 2 heterocycles. The van der Waals surface area contributed by atoms with Gasteiger partial charge < -0.3 is 14.5 Å². The van der Waals surface area contributed by atoms with Gasteiger partial charge in [0, 0.05) is 49.7 Å². The fourth-order valence-corrected chi connectivity index (χ4v) is 4.22. The zero-order chi connectivity index (χ0) is 23.1. The van der Waals surface area contributed by atoms with Crippen molar-refractivity contribution in [1.82, 2.24) is 20.7 Å². The fraction of sp³-hybridized carbons (Fsp3) is 0.364. The number of benzene rings is 1. The minimum Gasteiger partial charge on any atom is -0.436 e. The topological polar surface area (TPSA) is 104 Å². The van der Waals surface area contributed by atoms with Gasteiger partial charge >= 0.3 is 6.09 Å². The number of hydrazine groups is 1. The van der Waals surface area contributed by atoms with E-state index in [1.807, 2.05) is 31.1 Å². The van der Waals surface area contributed by atoms with Crippen LogP contribution in [0.3, 0.4) is 0 Å². The van der Waals surface area contributed by atoms with Crippen molar-refractivity contribution in [1.29, 1.82) is 0 Å². The summed E-state index contributed by atoms with van der Waals surface area (Å²) >= 11 is 1.39. The molecule has 168 valence electrons. The summed E-state index contributed by atoms with van der Waals surface area (Å²) in [6.07, 6.45) is 6.14. The maximum absolute atomic E-state index is 12.4. The van der Waals surface area contributed by atoms with Crippen LogP contribution in [0.25, 0.3) is 0 Å². The second kappa shape index (κ2) is 10.6. The quantitative estimate of drug-likeness (QED) is 0.529. The summed E-state index contributed by atoms with van der Waals surface area (Å²) in [6.45, 7) is 1.04. The summed E-state index contributed by atoms with van der Waals surface area (Å²) in [5.41, 5.74) is 6.45. The molecule has 1 aromatic carbocycles. The van der Waals surface area contributed by atoms with E-state index in [9.17, 15) is 14.4 Å². The van der Waals surface area contributed by atoms with Gasteiger partial charge in [-0.2, -0.15) is 0 Å². The second-order valence-electron chi connectivity index (χ2n) is 7.44. The first-order valence-electron chi connectivity index (χ1n) is 10.1. The number of hydrogen-bond donors (Lipinski definition) is 2. The highest BCUT2D eigenvalue weighted by atomic mass is 32.1. The Labute approximate surface area is 190 Å². The maximum atomic E-state index is 12.4. The normalized spacial score (nSPS) is 13.7. The Morgan fingerprint density at radius 2 is 1.84 bits per heavy atom. The number of rotatable bonds is 5. The lowest BCUT2D eigenvalue weighted by Gasteiger charge is -2.30. The van der Waals surface area contributed by atoms with Gasteiger partial charge in [0.2, 0.25) is 0 Å². The van der Waals surface area contributed by atoms with E-state index in [2.05, 4.69) is 21.8 Å². The second-order valence-corrected chi connectivity index (χ2v) is 8.33. The summed E-state index contributed by atoms with van der Waals surface area (Å²) in [6, 6.07) is 7.02. The number of terminal acetylenes is 1. The van der Waals surface area contributed by atoms with E-state index in [4.69, 9.17) is 11.2 Å². The van der Waals surface area contributed by atoms with E-state index >= 15 is 0 Å². The molecule has 0 atom stereocenters. The van der Waals surface area contributed by atoms with Crippen molar-refractivity contribution in [3.05, 3.63) is 45.9 Å². The van der Waals surface area contributed by atoms with Crippen molar-refractivity contribution < 1.29 is 19.1 Å². The molecule has 1 fully saturated rings. The van der Waals surface area contributed by atoms with E-state index in [-0.39, 0.29) is 18.2 Å². The SMILES string of the molecule is C#CCOC(=O)N1CCC(c2nc(C(=O)NNC(=O)c3ccc(N(C)C)cc3)cs2)CC1. The Hall–Kier alpha value is -3.58. The van der Waals surface area contributed by atoms with Crippen LogP contribution in [0.1, 0.15) is 44.6 Å². The van der Waals surface area contributed by atoms with Crippen LogP contribution in [-0.2, 0) is 4.74 Å². The predicted molar refractivity (Wildman–Crippen MR) is 122 cm³/mol. The molecule has 32 heavy (non-hydrogen) atoms. The Bertz CT molecular complexity index is 1000. The number of anilines is 1. The van der Waals surface area contributed by atoms with Crippen molar-refractivity contribution >= 4 is 34.9 Å². The molecule has 0 bridgehead atoms. The molecule has 1 saturated heterocycles. The van der Waals surface area contributed by atoms with Crippen molar-refractivity contribution in [2.24, 2.45) is 0 Å². The summed E-state index contributed by atoms with van der Waals surface area (Å²) in [4.78, 5) is 44.5. The van der Waals surface area contributed by atoms with Crippen LogP contribution in [-0.4, -0.2) is 61.6 Å². The van der Waals surface area contributed by atoms with E-state index in [1.54, 1.807) is 22.4 Å². The molecule has 0 aliphatic carbocycles. The zero-order valence-electron chi connectivity index (χ0n) is 18.0. The van der Waals surface area contributed by atoms with Crippen LogP contribution in [0.2, 0.25) is 0 Å². The number of carbonyl (C=O) groups excluding carboxylic acids is 3. The molecule has 2 aromatic rings. The van der Waals surface area contributed by atoms with E-state index in [1.165, 1.54) is 11.3 Å². The van der Waals surface area contributed by atoms with Crippen molar-refractivity contribution in [3.63, 3.8) is 0 Å². The third kappa shape index (κ3) is 5.76. The molecule has 3 rings (SSSR count). The molecule has 0 unspecified atom stereocenters. The Morgan fingerprint density at radius 3 is 2.47 bits per heavy atom. The number of ether oxygens (including phenoxy) is 1. The highest BCUT2D eigenvalue weighted by molar-refractivity contribution is 7.09. The number of thiazole rings is 1. The molecule has 0 saturated carbocycles. The highest BCUT2D eigenvalue weighted by Gasteiger charge is 2.27. The molecule has 3 amide bonds. The van der Waals surface area contributed by atoms with Gasteiger partial charge in [0.15, 0.2) is 6.61 Å². The van der Waals surface area contributed by atoms with Crippen LogP contribution in [0.15, 0.2) is 29.6 Å². The van der Waals surface area contributed by atoms with Crippen molar-refractivity contribution in [3.8, 4) is 12.3 Å². The van der Waals surface area contributed by atoms with E-state index in [0.717, 1.165) is 23.5 Å². The molecule has 2 N–H and O–H groups in total. The molecule has 0 radical (unpaired) electrons. The van der Waals surface area contributed by atoms with Crippen LogP contribution in [0.4, 0.5) is 10.5 Å². The van der Waals surface area contributed by atoms with Gasteiger partial charge in [-0.3, -0.25) is 20.4 Å².